The lowest BCUT2D eigenvalue weighted by molar-refractivity contribution is 0.155. The second-order valence-corrected chi connectivity index (χ2v) is 12.0. The molecule has 40 heavy (non-hydrogen) atoms. The van der Waals surface area contributed by atoms with Crippen molar-refractivity contribution in [1.82, 2.24) is 14.5 Å². The van der Waals surface area contributed by atoms with Gasteiger partial charge in [-0.25, -0.2) is 4.98 Å². The number of hydrogen-bond acceptors (Lipinski definition) is 2. The van der Waals surface area contributed by atoms with Gasteiger partial charge in [0.05, 0.1) is 0 Å². The van der Waals surface area contributed by atoms with Crippen molar-refractivity contribution in [1.29, 1.82) is 0 Å². The Morgan fingerprint density at radius 3 is 2.42 bits per heavy atom. The van der Waals surface area contributed by atoms with Crippen LogP contribution in [0.4, 0.5) is 0 Å². The summed E-state index contributed by atoms with van der Waals surface area (Å²) in [5.41, 5.74) is 7.09. The molecule has 0 radical (unpaired) electrons. The molecule has 3 heteroatoms. The number of fused-ring (bicyclic) bond motifs is 2. The third kappa shape index (κ3) is 3.87. The van der Waals surface area contributed by atoms with Crippen molar-refractivity contribution in [3.05, 3.63) is 126 Å². The van der Waals surface area contributed by atoms with E-state index in [9.17, 15) is 0 Å². The normalized spacial score (nSPS) is 18.7. The summed E-state index contributed by atoms with van der Waals surface area (Å²) >= 11 is 0. The fourth-order valence-electron chi connectivity index (χ4n) is 7.72. The zero-order valence-electron chi connectivity index (χ0n) is 23.1. The molecule has 1 aliphatic heterocycles. The molecular weight excluding hydrogens is 486 g/mol. The number of benzene rings is 4. The molecule has 1 aliphatic carbocycles. The number of aromatic nitrogens is 2. The van der Waals surface area contributed by atoms with Crippen LogP contribution < -0.4 is 0 Å². The summed E-state index contributed by atoms with van der Waals surface area (Å²) in [6.07, 6.45) is 8.95. The Morgan fingerprint density at radius 2 is 1.52 bits per heavy atom. The summed E-state index contributed by atoms with van der Waals surface area (Å²) in [5.74, 6) is 0.577. The molecule has 1 saturated heterocycles. The number of likely N-dealkylation sites (tertiary alicyclic amines) is 1. The van der Waals surface area contributed by atoms with E-state index in [1.807, 2.05) is 6.20 Å². The van der Waals surface area contributed by atoms with E-state index in [4.69, 9.17) is 4.98 Å². The van der Waals surface area contributed by atoms with Crippen molar-refractivity contribution < 1.29 is 0 Å². The largest absolute Gasteiger partial charge is 0.329 e. The zero-order chi connectivity index (χ0) is 26.6. The van der Waals surface area contributed by atoms with Crippen molar-refractivity contribution in [2.45, 2.75) is 50.6 Å². The minimum absolute atomic E-state index is 0.328. The van der Waals surface area contributed by atoms with Crippen LogP contribution in [0, 0.1) is 0 Å². The summed E-state index contributed by atoms with van der Waals surface area (Å²) in [7, 11) is 0. The Bertz CT molecular complexity index is 1850. The van der Waals surface area contributed by atoms with Gasteiger partial charge in [-0.1, -0.05) is 78.9 Å². The molecule has 0 amide bonds. The Balaban J connectivity index is 1.05. The first-order valence-electron chi connectivity index (χ1n) is 14.9. The Labute approximate surface area is 236 Å². The van der Waals surface area contributed by atoms with Gasteiger partial charge in [-0.2, -0.15) is 0 Å². The van der Waals surface area contributed by atoms with E-state index in [0.717, 1.165) is 31.6 Å². The molecule has 2 aliphatic rings. The van der Waals surface area contributed by atoms with Gasteiger partial charge in [0.15, 0.2) is 0 Å². The number of piperidine rings is 1. The topological polar surface area (TPSA) is 21.1 Å². The van der Waals surface area contributed by atoms with Crippen LogP contribution in [0.2, 0.25) is 0 Å². The molecule has 6 aromatic rings. The molecule has 198 valence electrons. The molecule has 2 aromatic heterocycles. The Hall–Kier alpha value is -3.95. The molecule has 3 nitrogen and oxygen atoms in total. The maximum Gasteiger partial charge on any atom is 0.140 e. The highest BCUT2D eigenvalue weighted by Gasteiger charge is 2.33. The fourth-order valence-corrected chi connectivity index (χ4v) is 7.72. The SMILES string of the molecule is CC(Cc1cccc2ccccc12)n1cc(C2CCN(C3Cc4cccc5cccc3c45)CC2)c2cccnc21. The van der Waals surface area contributed by atoms with Crippen LogP contribution in [0.1, 0.15) is 60.0 Å². The van der Waals surface area contributed by atoms with E-state index in [0.29, 0.717) is 18.0 Å². The lowest BCUT2D eigenvalue weighted by Crippen LogP contribution is -2.36. The summed E-state index contributed by atoms with van der Waals surface area (Å²) in [4.78, 5) is 7.65. The average molecular weight is 522 g/mol. The smallest absolute Gasteiger partial charge is 0.140 e. The monoisotopic (exact) mass is 521 g/mol. The first-order chi connectivity index (χ1) is 19.7. The van der Waals surface area contributed by atoms with Gasteiger partial charge in [0.25, 0.3) is 0 Å². The summed E-state index contributed by atoms with van der Waals surface area (Å²) in [6.45, 7) is 4.65. The first-order valence-corrected chi connectivity index (χ1v) is 14.9. The van der Waals surface area contributed by atoms with Gasteiger partial charge >= 0.3 is 0 Å². The maximum atomic E-state index is 4.90. The number of nitrogens with zero attached hydrogens (tertiary/aromatic N) is 3. The van der Waals surface area contributed by atoms with Gasteiger partial charge in [-0.15, -0.1) is 0 Å². The minimum atomic E-state index is 0.328. The van der Waals surface area contributed by atoms with Crippen LogP contribution in [-0.2, 0) is 12.8 Å². The van der Waals surface area contributed by atoms with Gasteiger partial charge in [-0.05, 0) is 108 Å². The van der Waals surface area contributed by atoms with Crippen LogP contribution >= 0.6 is 0 Å². The minimum Gasteiger partial charge on any atom is -0.329 e. The van der Waals surface area contributed by atoms with Crippen LogP contribution in [0.15, 0.2) is 103 Å². The van der Waals surface area contributed by atoms with Crippen molar-refractivity contribution in [3.63, 3.8) is 0 Å². The van der Waals surface area contributed by atoms with E-state index in [1.54, 1.807) is 0 Å². The van der Waals surface area contributed by atoms with E-state index >= 15 is 0 Å². The second kappa shape index (κ2) is 9.60. The molecule has 0 saturated carbocycles. The molecule has 3 heterocycles. The molecule has 2 unspecified atom stereocenters. The lowest BCUT2D eigenvalue weighted by Gasteiger charge is -2.36. The van der Waals surface area contributed by atoms with Crippen LogP contribution in [0.5, 0.6) is 0 Å². The Kier molecular flexibility index (Phi) is 5.74. The summed E-state index contributed by atoms with van der Waals surface area (Å²) in [5, 5.41) is 6.91. The number of pyridine rings is 1. The highest BCUT2D eigenvalue weighted by Crippen LogP contribution is 2.43. The summed E-state index contributed by atoms with van der Waals surface area (Å²) < 4.78 is 2.45. The van der Waals surface area contributed by atoms with Gasteiger partial charge in [0.2, 0.25) is 0 Å². The Morgan fingerprint density at radius 1 is 0.775 bits per heavy atom. The number of hydrogen-bond donors (Lipinski definition) is 0. The standard InChI is InChI=1S/C37H35N3/c1-25(22-29-12-4-9-26-8-2-3-14-31(26)29)40-24-34(32-16-7-19-38-37(32)40)27-17-20-39(21-18-27)35-23-30-13-5-10-28-11-6-15-33(35)36(28)30/h2-16,19,24-25,27,35H,17-18,20-23H2,1H3. The highest BCUT2D eigenvalue weighted by molar-refractivity contribution is 5.91. The zero-order valence-corrected chi connectivity index (χ0v) is 23.1. The third-order valence-electron chi connectivity index (χ3n) is 9.70. The molecular formula is C37H35N3. The summed E-state index contributed by atoms with van der Waals surface area (Å²) in [6, 6.07) is 34.4. The molecule has 4 aromatic carbocycles. The van der Waals surface area contributed by atoms with Gasteiger partial charge < -0.3 is 4.57 Å². The quantitative estimate of drug-likeness (QED) is 0.226. The van der Waals surface area contributed by atoms with Crippen molar-refractivity contribution >= 4 is 32.6 Å². The van der Waals surface area contributed by atoms with Gasteiger partial charge in [0.1, 0.15) is 5.65 Å². The fraction of sp³-hybridized carbons (Fsp3) is 0.270. The van der Waals surface area contributed by atoms with Gasteiger partial charge in [0, 0.05) is 29.9 Å². The molecule has 8 rings (SSSR count). The van der Waals surface area contributed by atoms with E-state index < -0.39 is 0 Å². The van der Waals surface area contributed by atoms with Crippen LogP contribution in [0.3, 0.4) is 0 Å². The highest BCUT2D eigenvalue weighted by atomic mass is 15.2. The van der Waals surface area contributed by atoms with Crippen LogP contribution in [0.25, 0.3) is 32.6 Å². The lowest BCUT2D eigenvalue weighted by atomic mass is 9.88. The second-order valence-electron chi connectivity index (χ2n) is 12.0. The van der Waals surface area contributed by atoms with E-state index in [-0.39, 0.29) is 0 Å². The molecule has 0 spiro atoms. The maximum absolute atomic E-state index is 4.90. The predicted octanol–water partition coefficient (Wildman–Crippen LogP) is 8.62. The molecule has 0 bridgehead atoms. The van der Waals surface area contributed by atoms with Gasteiger partial charge in [-0.3, -0.25) is 4.90 Å². The predicted molar refractivity (Wildman–Crippen MR) is 166 cm³/mol. The number of rotatable bonds is 5. The first kappa shape index (κ1) is 23.9. The molecule has 1 fully saturated rings. The molecule has 2 atom stereocenters. The van der Waals surface area contributed by atoms with Crippen molar-refractivity contribution in [2.75, 3.05) is 13.1 Å². The third-order valence-corrected chi connectivity index (χ3v) is 9.70. The molecule has 0 N–H and O–H groups in total. The van der Waals surface area contributed by atoms with Crippen molar-refractivity contribution in [3.8, 4) is 0 Å². The van der Waals surface area contributed by atoms with E-state index in [2.05, 4.69) is 114 Å². The average Bonchev–Trinajstić information content (AvgIpc) is 3.58. The van der Waals surface area contributed by atoms with Crippen LogP contribution in [-0.4, -0.2) is 27.5 Å². The van der Waals surface area contributed by atoms with Crippen molar-refractivity contribution in [2.24, 2.45) is 0 Å². The van der Waals surface area contributed by atoms with E-state index in [1.165, 1.54) is 62.0 Å².